The van der Waals surface area contributed by atoms with Crippen molar-refractivity contribution in [1.82, 2.24) is 5.32 Å². The summed E-state index contributed by atoms with van der Waals surface area (Å²) in [5.41, 5.74) is 3.14. The maximum atomic E-state index is 11.6. The minimum Gasteiger partial charge on any atom is -0.294 e. The van der Waals surface area contributed by atoms with Crippen molar-refractivity contribution in [3.63, 3.8) is 0 Å². The first-order chi connectivity index (χ1) is 8.56. The third-order valence-electron chi connectivity index (χ3n) is 2.71. The summed E-state index contributed by atoms with van der Waals surface area (Å²) in [6.07, 6.45) is 2.42. The van der Waals surface area contributed by atoms with Gasteiger partial charge >= 0.3 is 6.03 Å². The van der Waals surface area contributed by atoms with Crippen LogP contribution >= 0.6 is 0 Å². The molecule has 1 N–H and O–H groups in total. The Morgan fingerprint density at radius 1 is 1.22 bits per heavy atom. The summed E-state index contributed by atoms with van der Waals surface area (Å²) in [5.74, 6) is -0.211. The number of urea groups is 1. The molecular weight excluding hydrogens is 228 g/mol. The van der Waals surface area contributed by atoms with Gasteiger partial charge in [0.1, 0.15) is 0 Å². The van der Waals surface area contributed by atoms with Crippen molar-refractivity contribution in [3.05, 3.63) is 35.4 Å². The van der Waals surface area contributed by atoms with E-state index in [9.17, 15) is 9.59 Å². The van der Waals surface area contributed by atoms with Gasteiger partial charge in [-0.05, 0) is 31.5 Å². The first-order valence-electron chi connectivity index (χ1n) is 5.92. The number of anilines is 1. The van der Waals surface area contributed by atoms with Gasteiger partial charge in [0.15, 0.2) is 0 Å². The van der Waals surface area contributed by atoms with Crippen molar-refractivity contribution in [2.75, 3.05) is 11.4 Å². The molecule has 0 spiro atoms. The highest BCUT2D eigenvalue weighted by Crippen LogP contribution is 2.18. The molecule has 0 aromatic heterocycles. The average Bonchev–Trinajstić information content (AvgIpc) is 2.30. The number of nitrogens with zero attached hydrogens (tertiary/aromatic N) is 1. The van der Waals surface area contributed by atoms with E-state index in [2.05, 4.69) is 11.4 Å². The molecule has 4 nitrogen and oxygen atoms in total. The summed E-state index contributed by atoms with van der Waals surface area (Å²) in [4.78, 5) is 24.3. The van der Waals surface area contributed by atoms with Gasteiger partial charge in [-0.15, -0.1) is 0 Å². The highest BCUT2D eigenvalue weighted by atomic mass is 16.2. The van der Waals surface area contributed by atoms with Crippen LogP contribution in [0.4, 0.5) is 10.5 Å². The number of imide groups is 1. The lowest BCUT2D eigenvalue weighted by atomic mass is 10.1. The van der Waals surface area contributed by atoms with Crippen LogP contribution in [0.5, 0.6) is 0 Å². The Kier molecular flexibility index (Phi) is 3.46. The number of rotatable bonds is 2. The Balaban J connectivity index is 2.17. The number of carbonyl (C=O) groups excluding carboxylic acids is 2. The molecule has 0 atom stereocenters. The van der Waals surface area contributed by atoms with Crippen molar-refractivity contribution in [2.45, 2.75) is 20.3 Å². The van der Waals surface area contributed by atoms with Crippen molar-refractivity contribution < 1.29 is 9.59 Å². The van der Waals surface area contributed by atoms with Crippen LogP contribution in [-0.2, 0) is 4.79 Å². The summed E-state index contributed by atoms with van der Waals surface area (Å²) in [7, 11) is 0. The van der Waals surface area contributed by atoms with Crippen LogP contribution in [0.3, 0.4) is 0 Å². The lowest BCUT2D eigenvalue weighted by molar-refractivity contribution is -0.120. The quantitative estimate of drug-likeness (QED) is 0.869. The topological polar surface area (TPSA) is 49.4 Å². The van der Waals surface area contributed by atoms with Gasteiger partial charge in [0.05, 0.1) is 0 Å². The van der Waals surface area contributed by atoms with Crippen molar-refractivity contribution in [2.24, 2.45) is 0 Å². The molecule has 0 radical (unpaired) electrons. The van der Waals surface area contributed by atoms with E-state index in [0.29, 0.717) is 13.0 Å². The zero-order chi connectivity index (χ0) is 13.1. The maximum Gasteiger partial charge on any atom is 0.328 e. The van der Waals surface area contributed by atoms with Gasteiger partial charge in [0.25, 0.3) is 0 Å². The molecule has 0 unspecified atom stereocenters. The predicted molar refractivity (Wildman–Crippen MR) is 71.3 cm³/mol. The zero-order valence-electron chi connectivity index (χ0n) is 10.6. The highest BCUT2D eigenvalue weighted by molar-refractivity contribution is 6.05. The Bertz CT molecular complexity index is 499. The van der Waals surface area contributed by atoms with Crippen LogP contribution in [0.25, 0.3) is 6.08 Å². The van der Waals surface area contributed by atoms with Crippen LogP contribution in [-0.4, -0.2) is 18.5 Å². The van der Waals surface area contributed by atoms with Gasteiger partial charge in [-0.3, -0.25) is 15.0 Å². The molecule has 1 fully saturated rings. The second kappa shape index (κ2) is 5.04. The van der Waals surface area contributed by atoms with E-state index in [0.717, 1.165) is 11.3 Å². The van der Waals surface area contributed by atoms with Gasteiger partial charge in [0.2, 0.25) is 5.91 Å². The van der Waals surface area contributed by atoms with E-state index < -0.39 is 0 Å². The number of amides is 3. The van der Waals surface area contributed by atoms with E-state index >= 15 is 0 Å². The van der Waals surface area contributed by atoms with Gasteiger partial charge in [0, 0.05) is 18.7 Å². The molecule has 18 heavy (non-hydrogen) atoms. The van der Waals surface area contributed by atoms with Crippen LogP contribution in [0.15, 0.2) is 29.8 Å². The molecule has 1 aromatic carbocycles. The van der Waals surface area contributed by atoms with Gasteiger partial charge in [-0.25, -0.2) is 4.79 Å². The Labute approximate surface area is 106 Å². The minimum absolute atomic E-state index is 0.211. The summed E-state index contributed by atoms with van der Waals surface area (Å²) in [6, 6.07) is 7.37. The van der Waals surface area contributed by atoms with E-state index in [1.54, 1.807) is 4.90 Å². The molecule has 0 bridgehead atoms. The number of hydrogen-bond donors (Lipinski definition) is 1. The number of nitrogens with one attached hydrogen (secondary N) is 1. The van der Waals surface area contributed by atoms with Gasteiger partial charge in [-0.1, -0.05) is 23.8 Å². The highest BCUT2D eigenvalue weighted by Gasteiger charge is 2.23. The summed E-state index contributed by atoms with van der Waals surface area (Å²) >= 11 is 0. The molecule has 94 valence electrons. The normalized spacial score (nSPS) is 15.3. The molecule has 2 rings (SSSR count). The van der Waals surface area contributed by atoms with Crippen LogP contribution in [0, 0.1) is 0 Å². The second-order valence-corrected chi connectivity index (χ2v) is 4.57. The number of hydrogen-bond acceptors (Lipinski definition) is 2. The maximum absolute atomic E-state index is 11.6. The second-order valence-electron chi connectivity index (χ2n) is 4.57. The van der Waals surface area contributed by atoms with Crippen molar-refractivity contribution >= 4 is 23.7 Å². The van der Waals surface area contributed by atoms with Crippen LogP contribution in [0.2, 0.25) is 0 Å². The lowest BCUT2D eigenvalue weighted by Crippen LogP contribution is -2.49. The summed E-state index contributed by atoms with van der Waals surface area (Å²) in [6.45, 7) is 4.52. The lowest BCUT2D eigenvalue weighted by Gasteiger charge is -2.26. The average molecular weight is 244 g/mol. The molecule has 1 saturated heterocycles. The third-order valence-corrected chi connectivity index (χ3v) is 2.71. The van der Waals surface area contributed by atoms with E-state index in [4.69, 9.17) is 0 Å². The summed E-state index contributed by atoms with van der Waals surface area (Å²) < 4.78 is 0. The molecule has 0 aliphatic carbocycles. The van der Waals surface area contributed by atoms with Crippen LogP contribution < -0.4 is 10.2 Å². The van der Waals surface area contributed by atoms with E-state index in [1.807, 2.05) is 38.1 Å². The third kappa shape index (κ3) is 2.77. The molecule has 4 heteroatoms. The molecule has 1 heterocycles. The fraction of sp³-hybridized carbons (Fsp3) is 0.286. The summed E-state index contributed by atoms with van der Waals surface area (Å²) in [5, 5.41) is 2.31. The molecule has 3 amide bonds. The van der Waals surface area contributed by atoms with Gasteiger partial charge in [-0.2, -0.15) is 0 Å². The Morgan fingerprint density at radius 3 is 2.44 bits per heavy atom. The molecular formula is C14H16N2O2. The molecule has 1 aliphatic rings. The fourth-order valence-electron chi connectivity index (χ4n) is 1.89. The van der Waals surface area contributed by atoms with Crippen LogP contribution in [0.1, 0.15) is 25.8 Å². The molecule has 1 aromatic rings. The van der Waals surface area contributed by atoms with E-state index in [1.165, 1.54) is 5.57 Å². The van der Waals surface area contributed by atoms with Crippen molar-refractivity contribution in [3.8, 4) is 0 Å². The zero-order valence-corrected chi connectivity index (χ0v) is 10.6. The number of allylic oxidation sites excluding steroid dienone is 1. The monoisotopic (exact) mass is 244 g/mol. The number of carbonyl (C=O) groups is 2. The Hall–Kier alpha value is -2.10. The minimum atomic E-state index is -0.346. The first kappa shape index (κ1) is 12.4. The molecule has 1 aliphatic heterocycles. The smallest absolute Gasteiger partial charge is 0.294 e. The predicted octanol–water partition coefficient (Wildman–Crippen LogP) is 2.56. The fourth-order valence-corrected chi connectivity index (χ4v) is 1.89. The SMILES string of the molecule is CC(C)=Cc1ccc(N2CCC(=O)NC2=O)cc1. The standard InChI is InChI=1S/C14H16N2O2/c1-10(2)9-11-3-5-12(6-4-11)16-8-7-13(17)15-14(16)18/h3-6,9H,7-8H2,1-2H3,(H,15,17,18). The Morgan fingerprint density at radius 2 is 1.89 bits per heavy atom. The van der Waals surface area contributed by atoms with Gasteiger partial charge < -0.3 is 0 Å². The molecule has 0 saturated carbocycles. The largest absolute Gasteiger partial charge is 0.328 e. The van der Waals surface area contributed by atoms with Crippen molar-refractivity contribution in [1.29, 1.82) is 0 Å². The first-order valence-corrected chi connectivity index (χ1v) is 5.92. The van der Waals surface area contributed by atoms with E-state index in [-0.39, 0.29) is 11.9 Å². The number of benzene rings is 1.